The summed E-state index contributed by atoms with van der Waals surface area (Å²) in [4.78, 5) is 6.10. The quantitative estimate of drug-likeness (QED) is 0.890. The number of nitrogens with one attached hydrogen (secondary N) is 1. The van der Waals surface area contributed by atoms with Crippen molar-refractivity contribution in [2.24, 2.45) is 0 Å². The average molecular weight is 293 g/mol. The van der Waals surface area contributed by atoms with Crippen LogP contribution in [0.15, 0.2) is 24.3 Å². The van der Waals surface area contributed by atoms with Gasteiger partial charge in [-0.2, -0.15) is 0 Å². The van der Waals surface area contributed by atoms with Gasteiger partial charge in [-0.05, 0) is 25.3 Å². The van der Waals surface area contributed by atoms with Crippen LogP contribution in [0.2, 0.25) is 5.02 Å². The molecule has 2 aromatic rings. The first-order valence-corrected chi connectivity index (χ1v) is 7.94. The summed E-state index contributed by atoms with van der Waals surface area (Å²) < 4.78 is 0. The monoisotopic (exact) mass is 292 g/mol. The van der Waals surface area contributed by atoms with Crippen molar-refractivity contribution in [2.75, 3.05) is 0 Å². The van der Waals surface area contributed by atoms with E-state index in [4.69, 9.17) is 16.6 Å². The Morgan fingerprint density at radius 1 is 1.37 bits per heavy atom. The molecule has 0 unspecified atom stereocenters. The number of rotatable bonds is 5. The number of halogens is 1. The molecule has 4 heteroatoms. The van der Waals surface area contributed by atoms with Crippen LogP contribution in [-0.2, 0) is 13.0 Å². The first-order valence-electron chi connectivity index (χ1n) is 6.74. The van der Waals surface area contributed by atoms with E-state index in [1.54, 1.807) is 11.3 Å². The Bertz CT molecular complexity index is 575. The molecule has 0 radical (unpaired) electrons. The maximum absolute atomic E-state index is 6.25. The number of benzene rings is 1. The smallest absolute Gasteiger partial charge is 0.125 e. The molecule has 1 saturated carbocycles. The molecule has 0 aliphatic heterocycles. The first-order chi connectivity index (χ1) is 9.28. The van der Waals surface area contributed by atoms with Crippen LogP contribution in [0.25, 0.3) is 10.6 Å². The minimum absolute atomic E-state index is 0.732. The zero-order chi connectivity index (χ0) is 13.2. The van der Waals surface area contributed by atoms with E-state index in [0.717, 1.165) is 34.6 Å². The third-order valence-electron chi connectivity index (χ3n) is 3.35. The van der Waals surface area contributed by atoms with Crippen LogP contribution in [0.5, 0.6) is 0 Å². The normalized spacial score (nSPS) is 14.8. The summed E-state index contributed by atoms with van der Waals surface area (Å²) in [5.74, 6) is 0. The van der Waals surface area contributed by atoms with E-state index in [1.807, 2.05) is 24.3 Å². The van der Waals surface area contributed by atoms with Gasteiger partial charge in [0.05, 0.1) is 10.7 Å². The topological polar surface area (TPSA) is 24.9 Å². The molecular formula is C15H17ClN2S. The van der Waals surface area contributed by atoms with Gasteiger partial charge in [0.1, 0.15) is 5.01 Å². The number of aryl methyl sites for hydroxylation is 1. The van der Waals surface area contributed by atoms with Crippen LogP contribution in [0.4, 0.5) is 0 Å². The Balaban J connectivity index is 1.87. The van der Waals surface area contributed by atoms with Gasteiger partial charge in [-0.15, -0.1) is 11.3 Å². The molecule has 2 nitrogen and oxygen atoms in total. The van der Waals surface area contributed by atoms with Crippen molar-refractivity contribution >= 4 is 22.9 Å². The minimum atomic E-state index is 0.732. The number of hydrogen-bond acceptors (Lipinski definition) is 3. The van der Waals surface area contributed by atoms with Crippen LogP contribution in [-0.4, -0.2) is 11.0 Å². The number of thiazole rings is 1. The molecule has 1 heterocycles. The van der Waals surface area contributed by atoms with Crippen molar-refractivity contribution in [2.45, 2.75) is 38.8 Å². The summed E-state index contributed by atoms with van der Waals surface area (Å²) in [5, 5.41) is 5.38. The third-order valence-corrected chi connectivity index (χ3v) is 4.81. The molecule has 100 valence electrons. The maximum atomic E-state index is 6.25. The third kappa shape index (κ3) is 2.99. The molecule has 1 fully saturated rings. The molecule has 1 N–H and O–H groups in total. The Kier molecular flexibility index (Phi) is 3.87. The molecule has 1 aliphatic carbocycles. The molecular weight excluding hydrogens is 276 g/mol. The van der Waals surface area contributed by atoms with Gasteiger partial charge in [-0.1, -0.05) is 36.7 Å². The molecule has 0 amide bonds. The fourth-order valence-corrected chi connectivity index (χ4v) is 3.49. The second-order valence-electron chi connectivity index (χ2n) is 4.88. The van der Waals surface area contributed by atoms with Crippen molar-refractivity contribution in [1.82, 2.24) is 10.3 Å². The van der Waals surface area contributed by atoms with Crippen molar-refractivity contribution < 1.29 is 0 Å². The molecule has 0 atom stereocenters. The van der Waals surface area contributed by atoms with Crippen LogP contribution in [0.1, 0.15) is 30.3 Å². The molecule has 1 aliphatic rings. The van der Waals surface area contributed by atoms with Crippen molar-refractivity contribution in [3.63, 3.8) is 0 Å². The Hall–Kier alpha value is -0.900. The Labute approximate surface area is 122 Å². The highest BCUT2D eigenvalue weighted by Crippen LogP contribution is 2.33. The van der Waals surface area contributed by atoms with Gasteiger partial charge in [-0.3, -0.25) is 0 Å². The number of aromatic nitrogens is 1. The van der Waals surface area contributed by atoms with Gasteiger partial charge in [0, 0.05) is 23.0 Å². The van der Waals surface area contributed by atoms with E-state index in [1.165, 1.54) is 23.4 Å². The molecule has 1 aromatic heterocycles. The minimum Gasteiger partial charge on any atom is -0.309 e. The molecule has 0 spiro atoms. The fraction of sp³-hybridized carbons (Fsp3) is 0.400. The molecule has 3 rings (SSSR count). The zero-order valence-electron chi connectivity index (χ0n) is 10.9. The summed E-state index contributed by atoms with van der Waals surface area (Å²) in [7, 11) is 0. The molecule has 1 aromatic carbocycles. The largest absolute Gasteiger partial charge is 0.309 e. The lowest BCUT2D eigenvalue weighted by molar-refractivity contribution is 0.689. The summed E-state index contributed by atoms with van der Waals surface area (Å²) in [6.45, 7) is 3.10. The second kappa shape index (κ2) is 5.61. The molecule has 0 bridgehead atoms. The number of nitrogens with zero attached hydrogens (tertiary/aromatic N) is 1. The van der Waals surface area contributed by atoms with Crippen molar-refractivity contribution in [3.05, 3.63) is 39.9 Å². The molecule has 19 heavy (non-hydrogen) atoms. The van der Waals surface area contributed by atoms with Crippen molar-refractivity contribution in [1.29, 1.82) is 0 Å². The highest BCUT2D eigenvalue weighted by molar-refractivity contribution is 7.15. The lowest BCUT2D eigenvalue weighted by atomic mass is 10.2. The lowest BCUT2D eigenvalue weighted by Crippen LogP contribution is -2.15. The van der Waals surface area contributed by atoms with Gasteiger partial charge < -0.3 is 5.32 Å². The van der Waals surface area contributed by atoms with E-state index in [-0.39, 0.29) is 0 Å². The van der Waals surface area contributed by atoms with Gasteiger partial charge >= 0.3 is 0 Å². The second-order valence-corrected chi connectivity index (χ2v) is 6.37. The van der Waals surface area contributed by atoms with E-state index < -0.39 is 0 Å². The van der Waals surface area contributed by atoms with E-state index in [9.17, 15) is 0 Å². The van der Waals surface area contributed by atoms with E-state index in [0.29, 0.717) is 0 Å². The fourth-order valence-electron chi connectivity index (χ4n) is 2.07. The first kappa shape index (κ1) is 13.1. The van der Waals surface area contributed by atoms with Gasteiger partial charge in [-0.25, -0.2) is 4.98 Å². The zero-order valence-corrected chi connectivity index (χ0v) is 12.5. The van der Waals surface area contributed by atoms with Gasteiger partial charge in [0.15, 0.2) is 0 Å². The van der Waals surface area contributed by atoms with Crippen LogP contribution >= 0.6 is 22.9 Å². The molecule has 0 saturated heterocycles. The van der Waals surface area contributed by atoms with Gasteiger partial charge in [0.25, 0.3) is 0 Å². The van der Waals surface area contributed by atoms with E-state index in [2.05, 4.69) is 12.2 Å². The summed E-state index contributed by atoms with van der Waals surface area (Å²) >= 11 is 8.02. The summed E-state index contributed by atoms with van der Waals surface area (Å²) in [6.07, 6.45) is 3.61. The van der Waals surface area contributed by atoms with Crippen LogP contribution in [0, 0.1) is 0 Å². The average Bonchev–Trinajstić information content (AvgIpc) is 3.16. The Morgan fingerprint density at radius 2 is 2.16 bits per heavy atom. The SMILES string of the molecule is CCc1nc(-c2ccccc2Cl)sc1CNC1CC1. The van der Waals surface area contributed by atoms with Crippen LogP contribution < -0.4 is 5.32 Å². The maximum Gasteiger partial charge on any atom is 0.125 e. The van der Waals surface area contributed by atoms with Gasteiger partial charge in [0.2, 0.25) is 0 Å². The standard InChI is InChI=1S/C15H17ClN2S/c1-2-13-14(9-17-10-7-8-10)19-15(18-13)11-5-3-4-6-12(11)16/h3-6,10,17H,2,7-9H2,1H3. The highest BCUT2D eigenvalue weighted by Gasteiger charge is 2.21. The number of hydrogen-bond donors (Lipinski definition) is 1. The highest BCUT2D eigenvalue weighted by atomic mass is 35.5. The van der Waals surface area contributed by atoms with E-state index >= 15 is 0 Å². The summed E-state index contributed by atoms with van der Waals surface area (Å²) in [5.41, 5.74) is 2.25. The predicted molar refractivity (Wildman–Crippen MR) is 81.8 cm³/mol. The Morgan fingerprint density at radius 3 is 2.84 bits per heavy atom. The van der Waals surface area contributed by atoms with Crippen molar-refractivity contribution in [3.8, 4) is 10.6 Å². The lowest BCUT2D eigenvalue weighted by Gasteiger charge is -2.00. The predicted octanol–water partition coefficient (Wildman–Crippen LogP) is 4.28. The summed E-state index contributed by atoms with van der Waals surface area (Å²) in [6, 6.07) is 8.66. The van der Waals surface area contributed by atoms with Crippen LogP contribution in [0.3, 0.4) is 0 Å².